The molecule has 1 atom stereocenters. The van der Waals surface area contributed by atoms with E-state index in [9.17, 15) is 9.50 Å². The minimum atomic E-state index is -0.947. The lowest BCUT2D eigenvalue weighted by molar-refractivity contribution is 0.217. The van der Waals surface area contributed by atoms with Gasteiger partial charge in [-0.25, -0.2) is 4.39 Å². The highest BCUT2D eigenvalue weighted by molar-refractivity contribution is 7.12. The number of hydrogen-bond donors (Lipinski definition) is 1. The topological polar surface area (TPSA) is 29.5 Å². The summed E-state index contributed by atoms with van der Waals surface area (Å²) in [4.78, 5) is 1.88. The number of benzene rings is 1. The van der Waals surface area contributed by atoms with Crippen LogP contribution in [0.4, 0.5) is 4.39 Å². The second-order valence-electron chi connectivity index (χ2n) is 4.15. The van der Waals surface area contributed by atoms with Gasteiger partial charge in [0.1, 0.15) is 6.10 Å². The predicted molar refractivity (Wildman–Crippen MR) is 70.8 cm³/mol. The van der Waals surface area contributed by atoms with Crippen LogP contribution in [0.25, 0.3) is 0 Å². The number of rotatable bonds is 3. The van der Waals surface area contributed by atoms with E-state index >= 15 is 0 Å². The number of aliphatic hydroxyl groups excluding tert-OH is 1. The Morgan fingerprint density at radius 1 is 1.33 bits per heavy atom. The molecule has 4 heteroatoms. The number of halogens is 1. The predicted octanol–water partition coefficient (Wildman–Crippen LogP) is 3.59. The summed E-state index contributed by atoms with van der Waals surface area (Å²) in [7, 11) is 1.41. The van der Waals surface area contributed by atoms with Crippen molar-refractivity contribution in [1.29, 1.82) is 0 Å². The molecular weight excluding hydrogens is 251 g/mol. The molecule has 0 fully saturated rings. The molecule has 2 nitrogen and oxygen atoms in total. The molecule has 0 saturated carbocycles. The zero-order valence-corrected chi connectivity index (χ0v) is 11.3. The zero-order valence-electron chi connectivity index (χ0n) is 10.5. The van der Waals surface area contributed by atoms with Crippen molar-refractivity contribution in [2.45, 2.75) is 20.0 Å². The summed E-state index contributed by atoms with van der Waals surface area (Å²) in [5, 5.41) is 10.2. The molecule has 2 rings (SSSR count). The lowest BCUT2D eigenvalue weighted by Gasteiger charge is -2.12. The first-order valence-corrected chi connectivity index (χ1v) is 6.43. The second-order valence-corrected chi connectivity index (χ2v) is 5.44. The third-order valence-electron chi connectivity index (χ3n) is 2.96. The van der Waals surface area contributed by atoms with Gasteiger partial charge in [-0.1, -0.05) is 12.1 Å². The molecule has 18 heavy (non-hydrogen) atoms. The molecule has 0 saturated heterocycles. The van der Waals surface area contributed by atoms with Crippen LogP contribution in [0.5, 0.6) is 5.75 Å². The number of methoxy groups -OCH3 is 1. The Labute approximate surface area is 110 Å². The van der Waals surface area contributed by atoms with Crippen LogP contribution in [-0.2, 0) is 0 Å². The van der Waals surface area contributed by atoms with Crippen molar-refractivity contribution in [3.05, 3.63) is 51.0 Å². The van der Waals surface area contributed by atoms with Crippen molar-refractivity contribution in [2.24, 2.45) is 0 Å². The first-order valence-electron chi connectivity index (χ1n) is 5.62. The van der Waals surface area contributed by atoms with Gasteiger partial charge in [0, 0.05) is 15.3 Å². The lowest BCUT2D eigenvalue weighted by atomic mass is 10.1. The maximum Gasteiger partial charge on any atom is 0.171 e. The van der Waals surface area contributed by atoms with Crippen LogP contribution in [0, 0.1) is 19.7 Å². The van der Waals surface area contributed by atoms with E-state index in [2.05, 4.69) is 0 Å². The van der Waals surface area contributed by atoms with E-state index in [0.29, 0.717) is 0 Å². The van der Waals surface area contributed by atoms with Gasteiger partial charge in [0.25, 0.3) is 0 Å². The Hall–Kier alpha value is -1.39. The number of aryl methyl sites for hydroxylation is 2. The fourth-order valence-corrected chi connectivity index (χ4v) is 2.83. The van der Waals surface area contributed by atoms with Gasteiger partial charge >= 0.3 is 0 Å². The van der Waals surface area contributed by atoms with E-state index in [4.69, 9.17) is 4.74 Å². The Morgan fingerprint density at radius 2 is 2.06 bits per heavy atom. The van der Waals surface area contributed by atoms with Crippen LogP contribution in [0.15, 0.2) is 24.3 Å². The van der Waals surface area contributed by atoms with Crippen molar-refractivity contribution < 1.29 is 14.2 Å². The second kappa shape index (κ2) is 5.08. The molecule has 0 aliphatic rings. The minimum absolute atomic E-state index is 0.150. The zero-order chi connectivity index (χ0) is 13.3. The van der Waals surface area contributed by atoms with Crippen LogP contribution < -0.4 is 4.74 Å². The molecule has 0 bridgehead atoms. The van der Waals surface area contributed by atoms with E-state index in [1.807, 2.05) is 19.9 Å². The molecule has 1 heterocycles. The van der Waals surface area contributed by atoms with Crippen molar-refractivity contribution in [3.8, 4) is 5.75 Å². The van der Waals surface area contributed by atoms with Crippen LogP contribution in [0.3, 0.4) is 0 Å². The third kappa shape index (κ3) is 2.26. The van der Waals surface area contributed by atoms with Crippen molar-refractivity contribution in [2.75, 3.05) is 7.11 Å². The highest BCUT2D eigenvalue weighted by Gasteiger charge is 2.19. The summed E-state index contributed by atoms with van der Waals surface area (Å²) in [6, 6.07) is 6.68. The molecule has 1 aromatic carbocycles. The molecule has 0 aliphatic carbocycles. The molecule has 96 valence electrons. The van der Waals surface area contributed by atoms with Gasteiger partial charge in [-0.2, -0.15) is 0 Å². The fourth-order valence-electron chi connectivity index (χ4n) is 1.79. The summed E-state index contributed by atoms with van der Waals surface area (Å²) in [5.74, 6) is -0.354. The van der Waals surface area contributed by atoms with Crippen molar-refractivity contribution in [3.63, 3.8) is 0 Å². The van der Waals surface area contributed by atoms with Crippen LogP contribution in [0.1, 0.15) is 27.0 Å². The Kier molecular flexibility index (Phi) is 3.68. The van der Waals surface area contributed by atoms with Crippen LogP contribution >= 0.6 is 11.3 Å². The van der Waals surface area contributed by atoms with Gasteiger partial charge in [-0.15, -0.1) is 11.3 Å². The minimum Gasteiger partial charge on any atom is -0.494 e. The van der Waals surface area contributed by atoms with Gasteiger partial charge in [0.05, 0.1) is 7.11 Å². The quantitative estimate of drug-likeness (QED) is 0.920. The standard InChI is InChI=1S/C14H15FO2S/c1-8-7-12(18-9(8)2)14(16)10-5-4-6-11(17-3)13(10)15/h4-7,14,16H,1-3H3. The van der Waals surface area contributed by atoms with Gasteiger partial charge < -0.3 is 9.84 Å². The largest absolute Gasteiger partial charge is 0.494 e. The SMILES string of the molecule is COc1cccc(C(O)c2cc(C)c(C)s2)c1F. The molecule has 0 spiro atoms. The first kappa shape index (κ1) is 13.1. The molecule has 0 amide bonds. The van der Waals surface area contributed by atoms with Crippen molar-refractivity contribution >= 4 is 11.3 Å². The maximum absolute atomic E-state index is 14.0. The van der Waals surface area contributed by atoms with E-state index < -0.39 is 11.9 Å². The molecule has 0 aliphatic heterocycles. The third-order valence-corrected chi connectivity index (χ3v) is 4.17. The normalized spacial score (nSPS) is 12.5. The molecule has 1 aromatic heterocycles. The number of aliphatic hydroxyl groups is 1. The van der Waals surface area contributed by atoms with E-state index in [-0.39, 0.29) is 11.3 Å². The fraction of sp³-hybridized carbons (Fsp3) is 0.286. The summed E-state index contributed by atoms with van der Waals surface area (Å²) in [6.07, 6.45) is -0.947. The summed E-state index contributed by atoms with van der Waals surface area (Å²) in [5.41, 5.74) is 1.35. The van der Waals surface area contributed by atoms with Gasteiger partial charge in [0.15, 0.2) is 11.6 Å². The van der Waals surface area contributed by atoms with E-state index in [0.717, 1.165) is 15.3 Å². The number of ether oxygens (including phenoxy) is 1. The number of thiophene rings is 1. The van der Waals surface area contributed by atoms with Gasteiger partial charge in [-0.3, -0.25) is 0 Å². The molecule has 2 aromatic rings. The highest BCUT2D eigenvalue weighted by Crippen LogP contribution is 2.33. The highest BCUT2D eigenvalue weighted by atomic mass is 32.1. The average molecular weight is 266 g/mol. The summed E-state index contributed by atoms with van der Waals surface area (Å²) < 4.78 is 19.0. The van der Waals surface area contributed by atoms with E-state index in [1.54, 1.807) is 12.1 Å². The number of hydrogen-bond acceptors (Lipinski definition) is 3. The van der Waals surface area contributed by atoms with Gasteiger partial charge in [0.2, 0.25) is 0 Å². The molecule has 0 radical (unpaired) electrons. The Morgan fingerprint density at radius 3 is 2.61 bits per heavy atom. The molecule has 1 N–H and O–H groups in total. The van der Waals surface area contributed by atoms with Crippen LogP contribution in [0.2, 0.25) is 0 Å². The monoisotopic (exact) mass is 266 g/mol. The molecular formula is C14H15FO2S. The van der Waals surface area contributed by atoms with E-state index in [1.165, 1.54) is 24.5 Å². The summed E-state index contributed by atoms with van der Waals surface area (Å²) >= 11 is 1.48. The van der Waals surface area contributed by atoms with Crippen LogP contribution in [-0.4, -0.2) is 12.2 Å². The first-order chi connectivity index (χ1) is 8.54. The average Bonchev–Trinajstić information content (AvgIpc) is 2.69. The maximum atomic E-state index is 14.0. The Balaban J connectivity index is 2.42. The van der Waals surface area contributed by atoms with Crippen molar-refractivity contribution in [1.82, 2.24) is 0 Å². The lowest BCUT2D eigenvalue weighted by Crippen LogP contribution is -2.02. The Bertz CT molecular complexity index is 543. The van der Waals surface area contributed by atoms with Gasteiger partial charge in [-0.05, 0) is 31.5 Å². The molecule has 1 unspecified atom stereocenters. The summed E-state index contributed by atoms with van der Waals surface area (Å²) in [6.45, 7) is 3.96. The smallest absolute Gasteiger partial charge is 0.171 e.